The van der Waals surface area contributed by atoms with E-state index in [0.717, 1.165) is 25.8 Å². The molecule has 1 saturated heterocycles. The van der Waals surface area contributed by atoms with Gasteiger partial charge >= 0.3 is 0 Å². The molecular formula is C16H16P2. The zero-order valence-electron chi connectivity index (χ0n) is 10.2. The highest BCUT2D eigenvalue weighted by atomic mass is 31.1. The molecule has 4 atom stereocenters. The van der Waals surface area contributed by atoms with Crippen molar-refractivity contribution in [3.8, 4) is 0 Å². The summed E-state index contributed by atoms with van der Waals surface area (Å²) in [6.07, 6.45) is 9.73. The first-order valence-corrected chi connectivity index (χ1v) is 8.97. The number of fused-ring (bicyclic) bond motifs is 2. The van der Waals surface area contributed by atoms with Gasteiger partial charge in [-0.1, -0.05) is 56.3 Å². The van der Waals surface area contributed by atoms with Crippen LogP contribution >= 0.6 is 16.8 Å². The lowest BCUT2D eigenvalue weighted by Gasteiger charge is -2.22. The van der Waals surface area contributed by atoms with Gasteiger partial charge in [-0.2, -0.15) is 0 Å². The lowest BCUT2D eigenvalue weighted by molar-refractivity contribution is 0.688. The normalized spacial score (nSPS) is 34.4. The minimum Gasteiger partial charge on any atom is -0.113 e. The summed E-state index contributed by atoms with van der Waals surface area (Å²) in [5, 5.41) is 0. The van der Waals surface area contributed by atoms with E-state index in [4.69, 9.17) is 0 Å². The fourth-order valence-electron chi connectivity index (χ4n) is 3.34. The molecule has 4 rings (SSSR count). The Morgan fingerprint density at radius 3 is 3.17 bits per heavy atom. The Balaban J connectivity index is 1.72. The minimum atomic E-state index is 0.738. The van der Waals surface area contributed by atoms with Crippen LogP contribution in [0.4, 0.5) is 0 Å². The maximum absolute atomic E-state index is 2.41. The molecule has 2 heteroatoms. The van der Waals surface area contributed by atoms with E-state index in [1.54, 1.807) is 11.1 Å². The van der Waals surface area contributed by atoms with E-state index in [0.29, 0.717) is 0 Å². The fraction of sp³-hybridized carbons (Fsp3) is 0.312. The molecule has 0 saturated carbocycles. The Bertz CT molecular complexity index is 568. The third-order valence-electron chi connectivity index (χ3n) is 4.26. The fourth-order valence-corrected chi connectivity index (χ4v) is 7.12. The summed E-state index contributed by atoms with van der Waals surface area (Å²) in [5.41, 5.74) is 6.37. The molecule has 1 fully saturated rings. The quantitative estimate of drug-likeness (QED) is 0.663. The molecule has 0 aromatic heterocycles. The van der Waals surface area contributed by atoms with Crippen molar-refractivity contribution in [2.75, 3.05) is 6.16 Å². The van der Waals surface area contributed by atoms with Crippen molar-refractivity contribution >= 4 is 22.6 Å². The van der Waals surface area contributed by atoms with E-state index >= 15 is 0 Å². The van der Waals surface area contributed by atoms with Gasteiger partial charge < -0.3 is 0 Å². The van der Waals surface area contributed by atoms with Gasteiger partial charge in [-0.3, -0.25) is 0 Å². The summed E-state index contributed by atoms with van der Waals surface area (Å²) in [5.74, 6) is 3.28. The highest BCUT2D eigenvalue weighted by Crippen LogP contribution is 2.55. The van der Waals surface area contributed by atoms with E-state index in [-0.39, 0.29) is 0 Å². The summed E-state index contributed by atoms with van der Waals surface area (Å²) in [4.78, 5) is 0. The van der Waals surface area contributed by atoms with Crippen molar-refractivity contribution in [3.05, 3.63) is 59.2 Å². The molecule has 3 aliphatic rings. The molecule has 4 unspecified atom stereocenters. The van der Waals surface area contributed by atoms with Crippen molar-refractivity contribution in [1.29, 1.82) is 0 Å². The Morgan fingerprint density at radius 1 is 1.22 bits per heavy atom. The second kappa shape index (κ2) is 4.44. The number of hydrogen-bond acceptors (Lipinski definition) is 0. The van der Waals surface area contributed by atoms with Crippen molar-refractivity contribution < 1.29 is 0 Å². The minimum absolute atomic E-state index is 0.738. The molecule has 2 heterocycles. The summed E-state index contributed by atoms with van der Waals surface area (Å²) in [7, 11) is 2.64. The third kappa shape index (κ3) is 1.67. The summed E-state index contributed by atoms with van der Waals surface area (Å²) < 4.78 is 0. The van der Waals surface area contributed by atoms with Gasteiger partial charge in [-0.15, -0.1) is 8.58 Å². The average Bonchev–Trinajstić information content (AvgIpc) is 3.01. The van der Waals surface area contributed by atoms with Crippen molar-refractivity contribution in [2.24, 2.45) is 5.92 Å². The maximum atomic E-state index is 2.41. The van der Waals surface area contributed by atoms with Crippen molar-refractivity contribution in [2.45, 2.75) is 17.7 Å². The Labute approximate surface area is 112 Å². The molecule has 1 aromatic rings. The maximum Gasteiger partial charge on any atom is 0.0368 e. The first-order valence-electron chi connectivity index (χ1n) is 6.65. The highest BCUT2D eigenvalue weighted by molar-refractivity contribution is 7.45. The van der Waals surface area contributed by atoms with E-state index < -0.39 is 0 Å². The Kier molecular flexibility index (Phi) is 2.75. The molecule has 2 aliphatic heterocycles. The zero-order valence-corrected chi connectivity index (χ0v) is 12.1. The van der Waals surface area contributed by atoms with Crippen LogP contribution in [-0.2, 0) is 0 Å². The van der Waals surface area contributed by atoms with Crippen LogP contribution in [-0.4, -0.2) is 17.6 Å². The van der Waals surface area contributed by atoms with Gasteiger partial charge in [0.1, 0.15) is 0 Å². The lowest BCUT2D eigenvalue weighted by Crippen LogP contribution is -2.13. The van der Waals surface area contributed by atoms with Crippen LogP contribution in [0, 0.1) is 5.92 Å². The van der Waals surface area contributed by atoms with Gasteiger partial charge in [0.25, 0.3) is 0 Å². The Hall–Kier alpha value is -0.700. The second-order valence-electron chi connectivity index (χ2n) is 5.27. The standard InChI is InChI=1S/C16H16P2/c1-3-7-13-11(5-1)9-17-15(13)16-14-8-4-2-6-12(14)10-18-16/h1-5,7-9,12,15-16,18H,6,10H2. The largest absolute Gasteiger partial charge is 0.113 e. The van der Waals surface area contributed by atoms with Gasteiger partial charge in [0.2, 0.25) is 0 Å². The van der Waals surface area contributed by atoms with E-state index in [1.807, 2.05) is 0 Å². The van der Waals surface area contributed by atoms with Crippen LogP contribution in [0.3, 0.4) is 0 Å². The Morgan fingerprint density at radius 2 is 2.17 bits per heavy atom. The molecule has 18 heavy (non-hydrogen) atoms. The van der Waals surface area contributed by atoms with E-state index in [1.165, 1.54) is 26.4 Å². The number of benzene rings is 1. The topological polar surface area (TPSA) is 0 Å². The first kappa shape index (κ1) is 11.2. The predicted molar refractivity (Wildman–Crippen MR) is 83.6 cm³/mol. The molecule has 0 nitrogen and oxygen atoms in total. The van der Waals surface area contributed by atoms with Gasteiger partial charge in [0, 0.05) is 11.3 Å². The van der Waals surface area contributed by atoms with Crippen LogP contribution in [0.5, 0.6) is 0 Å². The van der Waals surface area contributed by atoms with Crippen LogP contribution < -0.4 is 0 Å². The number of rotatable bonds is 1. The highest BCUT2D eigenvalue weighted by Gasteiger charge is 2.37. The van der Waals surface area contributed by atoms with Gasteiger partial charge in [0.05, 0.1) is 0 Å². The van der Waals surface area contributed by atoms with Crippen LogP contribution in [0.25, 0.3) is 0 Å². The van der Waals surface area contributed by atoms with Crippen LogP contribution in [0.2, 0.25) is 0 Å². The lowest BCUT2D eigenvalue weighted by atomic mass is 9.88. The summed E-state index contributed by atoms with van der Waals surface area (Å²) >= 11 is 0. The number of hydrogen-bond donors (Lipinski definition) is 0. The van der Waals surface area contributed by atoms with Crippen LogP contribution in [0.15, 0.2) is 48.1 Å². The summed E-state index contributed by atoms with van der Waals surface area (Å²) in [6.45, 7) is 0. The molecular weight excluding hydrogens is 254 g/mol. The van der Waals surface area contributed by atoms with Crippen molar-refractivity contribution in [3.63, 3.8) is 0 Å². The third-order valence-corrected chi connectivity index (χ3v) is 7.70. The molecule has 0 N–H and O–H groups in total. The van der Waals surface area contributed by atoms with Crippen LogP contribution in [0.1, 0.15) is 23.2 Å². The van der Waals surface area contributed by atoms with Gasteiger partial charge in [-0.25, -0.2) is 0 Å². The smallest absolute Gasteiger partial charge is 0.0368 e. The van der Waals surface area contributed by atoms with E-state index in [2.05, 4.69) is 48.3 Å². The predicted octanol–water partition coefficient (Wildman–Crippen LogP) is 4.40. The van der Waals surface area contributed by atoms with E-state index in [9.17, 15) is 0 Å². The first-order chi connectivity index (χ1) is 8.93. The zero-order chi connectivity index (χ0) is 11.9. The molecule has 1 aliphatic carbocycles. The van der Waals surface area contributed by atoms with Gasteiger partial charge in [-0.05, 0) is 35.4 Å². The van der Waals surface area contributed by atoms with Gasteiger partial charge in [0.15, 0.2) is 0 Å². The molecule has 90 valence electrons. The number of allylic oxidation sites excluding steroid dienone is 4. The second-order valence-corrected chi connectivity index (χ2v) is 7.82. The molecule has 0 spiro atoms. The molecule has 1 aromatic carbocycles. The SMILES string of the molecule is C1=CCC2CPC(C3P=Cc4ccccc43)C2=C1. The van der Waals surface area contributed by atoms with Crippen molar-refractivity contribution in [1.82, 2.24) is 0 Å². The molecule has 0 amide bonds. The molecule has 0 radical (unpaired) electrons. The monoisotopic (exact) mass is 270 g/mol. The molecule has 0 bridgehead atoms. The average molecular weight is 270 g/mol. The summed E-state index contributed by atoms with van der Waals surface area (Å²) in [6, 6.07) is 8.97.